The topological polar surface area (TPSA) is 55.8 Å². The lowest BCUT2D eigenvalue weighted by atomic mass is 9.62. The number of ether oxygens (including phenoxy) is 2. The lowest BCUT2D eigenvalue weighted by Crippen LogP contribution is -2.35. The van der Waals surface area contributed by atoms with Crippen molar-refractivity contribution in [3.63, 3.8) is 0 Å². The van der Waals surface area contributed by atoms with Crippen LogP contribution in [0.15, 0.2) is 42.4 Å². The highest BCUT2D eigenvalue weighted by Gasteiger charge is 2.43. The number of hydrogen-bond donors (Lipinski definition) is 1. The van der Waals surface area contributed by atoms with Crippen LogP contribution in [0, 0.1) is 0 Å². The molecule has 1 fully saturated rings. The second kappa shape index (κ2) is 6.43. The third-order valence-corrected chi connectivity index (χ3v) is 6.26. The number of fused-ring (bicyclic) bond motifs is 1. The minimum atomic E-state index is -1.31. The molecule has 1 aliphatic heterocycles. The van der Waals surface area contributed by atoms with Crippen molar-refractivity contribution >= 4 is 5.97 Å². The average molecular weight is 385 g/mol. The highest BCUT2D eigenvalue weighted by molar-refractivity contribution is 5.87. The smallest absolute Gasteiger partial charge is 0.335 e. The SMILES string of the molecule is [3H]c1cc(C2(c3ccc4c(c3)C(C)(C)CCC4(C)C)OCCO2)c([3H])cc1C(=O)O. The number of carboxylic acids is 1. The van der Waals surface area contributed by atoms with Crippen molar-refractivity contribution in [3.05, 3.63) is 70.2 Å². The van der Waals surface area contributed by atoms with E-state index in [4.69, 9.17) is 12.2 Å². The summed E-state index contributed by atoms with van der Waals surface area (Å²) in [5.41, 5.74) is 3.57. The van der Waals surface area contributed by atoms with Crippen molar-refractivity contribution < 1.29 is 22.1 Å². The van der Waals surface area contributed by atoms with E-state index < -0.39 is 11.8 Å². The summed E-state index contributed by atoms with van der Waals surface area (Å²) in [6.45, 7) is 9.73. The van der Waals surface area contributed by atoms with Crippen LogP contribution in [-0.4, -0.2) is 24.3 Å². The fourth-order valence-corrected chi connectivity index (χ4v) is 4.38. The van der Waals surface area contributed by atoms with Crippen LogP contribution in [0.5, 0.6) is 0 Å². The second-order valence-corrected chi connectivity index (χ2v) is 9.05. The van der Waals surface area contributed by atoms with Gasteiger partial charge < -0.3 is 14.6 Å². The number of carbonyl (C=O) groups is 1. The van der Waals surface area contributed by atoms with E-state index >= 15 is 0 Å². The Hall–Kier alpha value is -2.17. The Morgan fingerprint density at radius 1 is 0.929 bits per heavy atom. The van der Waals surface area contributed by atoms with Crippen molar-refractivity contribution in [1.29, 1.82) is 0 Å². The zero-order valence-corrected chi connectivity index (χ0v) is 16.9. The summed E-state index contributed by atoms with van der Waals surface area (Å²) in [5.74, 6) is -2.53. The van der Waals surface area contributed by atoms with Crippen LogP contribution in [0.2, 0.25) is 0 Å². The Labute approximate surface area is 169 Å². The van der Waals surface area contributed by atoms with E-state index in [0.717, 1.165) is 18.4 Å². The normalized spacial score (nSPS) is 22.9. The first-order chi connectivity index (χ1) is 14.0. The van der Waals surface area contributed by atoms with Crippen LogP contribution < -0.4 is 0 Å². The maximum atomic E-state index is 11.4. The highest BCUT2D eigenvalue weighted by Crippen LogP contribution is 2.48. The largest absolute Gasteiger partial charge is 0.478 e. The van der Waals surface area contributed by atoms with E-state index in [2.05, 4.69) is 39.8 Å². The zero-order valence-electron chi connectivity index (χ0n) is 18.9. The molecule has 1 N–H and O–H groups in total. The van der Waals surface area contributed by atoms with Crippen LogP contribution in [0.25, 0.3) is 0 Å². The summed E-state index contributed by atoms with van der Waals surface area (Å²) in [7, 11) is 0. The van der Waals surface area contributed by atoms with E-state index in [-0.39, 0.29) is 28.5 Å². The van der Waals surface area contributed by atoms with Gasteiger partial charge in [-0.25, -0.2) is 4.79 Å². The van der Waals surface area contributed by atoms with Crippen molar-refractivity contribution in [1.82, 2.24) is 0 Å². The van der Waals surface area contributed by atoms with E-state index in [0.29, 0.717) is 18.8 Å². The number of hydrogen-bond acceptors (Lipinski definition) is 3. The lowest BCUT2D eigenvalue weighted by Gasteiger charge is -2.42. The van der Waals surface area contributed by atoms with Gasteiger partial charge >= 0.3 is 5.97 Å². The Balaban J connectivity index is 1.92. The maximum absolute atomic E-state index is 11.4. The first-order valence-electron chi connectivity index (χ1n) is 10.8. The fourth-order valence-electron chi connectivity index (χ4n) is 4.38. The number of rotatable bonds is 3. The molecule has 2 aromatic rings. The Morgan fingerprint density at radius 2 is 1.57 bits per heavy atom. The van der Waals surface area contributed by atoms with Gasteiger partial charge in [-0.3, -0.25) is 0 Å². The quantitative estimate of drug-likeness (QED) is 0.811. The summed E-state index contributed by atoms with van der Waals surface area (Å²) in [4.78, 5) is 11.4. The van der Waals surface area contributed by atoms with Gasteiger partial charge in [0.1, 0.15) is 0 Å². The van der Waals surface area contributed by atoms with Crippen LogP contribution in [0.1, 0.15) is 75.9 Å². The van der Waals surface area contributed by atoms with Gasteiger partial charge in [0.2, 0.25) is 5.79 Å². The third-order valence-electron chi connectivity index (χ3n) is 6.26. The Bertz CT molecular complexity index is 1020. The average Bonchev–Trinajstić information content (AvgIpc) is 3.17. The summed E-state index contributed by atoms with van der Waals surface area (Å²) in [6, 6.07) is 8.67. The Morgan fingerprint density at radius 3 is 2.21 bits per heavy atom. The van der Waals surface area contributed by atoms with Crippen LogP contribution in [0.4, 0.5) is 0 Å². The standard InChI is InChI=1S/C24H28O4/c1-22(2)11-12-23(3,4)20-15-18(9-10-19(20)22)24(27-13-14-28-24)17-7-5-16(6-8-17)21(25)26/h5-10,15H,11-14H2,1-4H3,(H,25,26)/i5T,8T. The molecule has 0 aromatic heterocycles. The van der Waals surface area contributed by atoms with Gasteiger partial charge in [0.25, 0.3) is 0 Å². The van der Waals surface area contributed by atoms with Crippen molar-refractivity contribution in [2.24, 2.45) is 0 Å². The summed E-state index contributed by atoms with van der Waals surface area (Å²) in [6.07, 6.45) is 2.18. The summed E-state index contributed by atoms with van der Waals surface area (Å²) >= 11 is 0. The van der Waals surface area contributed by atoms with Gasteiger partial charge in [0.05, 0.1) is 21.5 Å². The molecule has 0 bridgehead atoms. The van der Waals surface area contributed by atoms with Crippen LogP contribution >= 0.6 is 0 Å². The van der Waals surface area contributed by atoms with E-state index in [1.54, 1.807) is 0 Å². The molecule has 1 heterocycles. The maximum Gasteiger partial charge on any atom is 0.335 e. The molecule has 4 nitrogen and oxygen atoms in total. The van der Waals surface area contributed by atoms with Crippen molar-refractivity contribution in [2.75, 3.05) is 13.2 Å². The van der Waals surface area contributed by atoms with Gasteiger partial charge in [-0.2, -0.15) is 0 Å². The minimum absolute atomic E-state index is 0.00179. The zero-order chi connectivity index (χ0) is 21.9. The van der Waals surface area contributed by atoms with Crippen molar-refractivity contribution in [3.8, 4) is 0 Å². The van der Waals surface area contributed by atoms with Gasteiger partial charge in [-0.1, -0.05) is 51.9 Å². The molecule has 0 saturated carbocycles. The van der Waals surface area contributed by atoms with Gasteiger partial charge in [-0.05, 0) is 53.0 Å². The lowest BCUT2D eigenvalue weighted by molar-refractivity contribution is -0.130. The number of aromatic carboxylic acids is 1. The molecule has 148 valence electrons. The summed E-state index contributed by atoms with van der Waals surface area (Å²) in [5, 5.41) is 9.30. The molecule has 1 saturated heterocycles. The predicted octanol–water partition coefficient (Wildman–Crippen LogP) is 4.98. The molecule has 0 atom stereocenters. The molecule has 0 unspecified atom stereocenters. The molecule has 28 heavy (non-hydrogen) atoms. The monoisotopic (exact) mass is 384 g/mol. The molecule has 4 heteroatoms. The first kappa shape index (κ1) is 16.8. The predicted molar refractivity (Wildman–Crippen MR) is 108 cm³/mol. The molecule has 2 aliphatic rings. The van der Waals surface area contributed by atoms with Gasteiger partial charge in [0.15, 0.2) is 0 Å². The van der Waals surface area contributed by atoms with Gasteiger partial charge in [0, 0.05) is 11.1 Å². The molecule has 4 rings (SSSR count). The first-order valence-corrected chi connectivity index (χ1v) is 9.76. The van der Waals surface area contributed by atoms with E-state index in [1.807, 2.05) is 6.07 Å². The van der Waals surface area contributed by atoms with Crippen LogP contribution in [-0.2, 0) is 26.1 Å². The third kappa shape index (κ3) is 2.96. The number of benzene rings is 2. The van der Waals surface area contributed by atoms with E-state index in [9.17, 15) is 9.90 Å². The van der Waals surface area contributed by atoms with Gasteiger partial charge in [-0.15, -0.1) is 0 Å². The molecule has 2 aromatic carbocycles. The molecule has 0 spiro atoms. The van der Waals surface area contributed by atoms with Crippen LogP contribution in [0.3, 0.4) is 0 Å². The second-order valence-electron chi connectivity index (χ2n) is 9.05. The molecule has 0 radical (unpaired) electrons. The molecular weight excluding hydrogens is 352 g/mol. The van der Waals surface area contributed by atoms with Crippen molar-refractivity contribution in [2.45, 2.75) is 57.2 Å². The summed E-state index contributed by atoms with van der Waals surface area (Å²) < 4.78 is 28.8. The number of carboxylic acid groups (broad SMARTS) is 1. The highest BCUT2D eigenvalue weighted by atomic mass is 16.7. The minimum Gasteiger partial charge on any atom is -0.478 e. The molecule has 0 amide bonds. The fraction of sp³-hybridized carbons (Fsp3) is 0.458. The van der Waals surface area contributed by atoms with E-state index in [1.165, 1.54) is 23.3 Å². The molecular formula is C24H28O4. The molecule has 1 aliphatic carbocycles. The Kier molecular flexibility index (Phi) is 3.85.